The number of anilines is 1. The lowest BCUT2D eigenvalue weighted by Gasteiger charge is -2.43. The molecular formula is C19H21ClFN3O2. The van der Waals surface area contributed by atoms with Crippen molar-refractivity contribution < 1.29 is 13.9 Å². The molecular weight excluding hydrogens is 357 g/mol. The second kappa shape index (κ2) is 7.21. The van der Waals surface area contributed by atoms with Gasteiger partial charge in [-0.15, -0.1) is 0 Å². The summed E-state index contributed by atoms with van der Waals surface area (Å²) in [6, 6.07) is 6.48. The summed E-state index contributed by atoms with van der Waals surface area (Å²) in [6.45, 7) is 4.70. The van der Waals surface area contributed by atoms with E-state index in [1.54, 1.807) is 6.07 Å². The molecule has 1 fully saturated rings. The van der Waals surface area contributed by atoms with E-state index in [2.05, 4.69) is 15.6 Å². The highest BCUT2D eigenvalue weighted by Crippen LogP contribution is 2.38. The number of aromatic nitrogens is 1. The summed E-state index contributed by atoms with van der Waals surface area (Å²) >= 11 is 5.87. The summed E-state index contributed by atoms with van der Waals surface area (Å²) in [7, 11) is 1.48. The molecule has 0 saturated carbocycles. The zero-order valence-corrected chi connectivity index (χ0v) is 15.7. The number of ether oxygens (including phenoxy) is 1. The van der Waals surface area contributed by atoms with Gasteiger partial charge in [-0.2, -0.15) is 0 Å². The largest absolute Gasteiger partial charge is 0.494 e. The van der Waals surface area contributed by atoms with Crippen LogP contribution in [0.15, 0.2) is 30.5 Å². The van der Waals surface area contributed by atoms with Crippen LogP contribution < -0.4 is 15.4 Å². The van der Waals surface area contributed by atoms with Gasteiger partial charge in [0, 0.05) is 24.7 Å². The Morgan fingerprint density at radius 1 is 1.42 bits per heavy atom. The maximum atomic E-state index is 14.8. The van der Waals surface area contributed by atoms with Gasteiger partial charge in [0.25, 0.3) is 0 Å². The minimum absolute atomic E-state index is 0.0951. The van der Waals surface area contributed by atoms with Crippen LogP contribution in [0.25, 0.3) is 0 Å². The van der Waals surface area contributed by atoms with E-state index in [9.17, 15) is 9.18 Å². The number of halogens is 2. The summed E-state index contributed by atoms with van der Waals surface area (Å²) in [5.74, 6) is -0.171. The molecule has 0 radical (unpaired) electrons. The molecule has 0 atom stereocenters. The minimum atomic E-state index is -0.977. The monoisotopic (exact) mass is 377 g/mol. The molecule has 7 heteroatoms. The maximum Gasteiger partial charge on any atom is 0.237 e. The zero-order valence-electron chi connectivity index (χ0n) is 14.9. The van der Waals surface area contributed by atoms with Crippen LogP contribution in [0.2, 0.25) is 5.15 Å². The van der Waals surface area contributed by atoms with Gasteiger partial charge in [-0.05, 0) is 17.5 Å². The molecule has 1 aromatic carbocycles. The van der Waals surface area contributed by atoms with E-state index in [1.165, 1.54) is 25.4 Å². The Morgan fingerprint density at radius 2 is 2.15 bits per heavy atom. The smallest absolute Gasteiger partial charge is 0.237 e. The van der Waals surface area contributed by atoms with Crippen LogP contribution in [0.5, 0.6) is 5.75 Å². The van der Waals surface area contributed by atoms with Crippen molar-refractivity contribution in [1.82, 2.24) is 10.3 Å². The first-order valence-electron chi connectivity index (χ1n) is 8.39. The number of hydrogen-bond donors (Lipinski definition) is 2. The lowest BCUT2D eigenvalue weighted by Crippen LogP contribution is -2.64. The van der Waals surface area contributed by atoms with Crippen LogP contribution in [0.4, 0.5) is 10.1 Å². The Balaban J connectivity index is 2.01. The molecule has 138 valence electrons. The third-order valence-corrected chi connectivity index (χ3v) is 4.94. The summed E-state index contributed by atoms with van der Waals surface area (Å²) in [4.78, 5) is 17.1. The molecule has 0 unspecified atom stereocenters. The number of benzene rings is 1. The van der Waals surface area contributed by atoms with E-state index < -0.39 is 5.41 Å². The van der Waals surface area contributed by atoms with Crippen molar-refractivity contribution in [1.29, 1.82) is 0 Å². The van der Waals surface area contributed by atoms with Gasteiger partial charge in [0.2, 0.25) is 5.91 Å². The second-order valence-corrected chi connectivity index (χ2v) is 7.09. The van der Waals surface area contributed by atoms with Gasteiger partial charge in [0.05, 0.1) is 13.3 Å². The minimum Gasteiger partial charge on any atom is -0.494 e. The first-order chi connectivity index (χ1) is 12.4. The fourth-order valence-corrected chi connectivity index (χ4v) is 3.42. The first kappa shape index (κ1) is 18.6. The number of methoxy groups -OCH3 is 1. The molecule has 0 spiro atoms. The highest BCUT2D eigenvalue weighted by molar-refractivity contribution is 6.29. The molecule has 0 aliphatic carbocycles. The van der Waals surface area contributed by atoms with Crippen LogP contribution in [0, 0.1) is 5.82 Å². The summed E-state index contributed by atoms with van der Waals surface area (Å²) in [5, 5.41) is 6.19. The van der Waals surface area contributed by atoms with Crippen LogP contribution in [0.3, 0.4) is 0 Å². The van der Waals surface area contributed by atoms with Crippen molar-refractivity contribution in [2.24, 2.45) is 0 Å². The molecule has 3 rings (SSSR count). The average molecular weight is 378 g/mol. The number of rotatable bonds is 5. The van der Waals surface area contributed by atoms with Crippen molar-refractivity contribution in [3.05, 3.63) is 52.6 Å². The third-order valence-electron chi connectivity index (χ3n) is 4.74. The van der Waals surface area contributed by atoms with E-state index in [1.807, 2.05) is 19.9 Å². The SMILES string of the molecule is COc1cc(Cl)ncc1NC(=O)C1(c2c(F)cccc2C(C)C)CNC1. The van der Waals surface area contributed by atoms with Crippen LogP contribution in [-0.2, 0) is 10.2 Å². The Kier molecular flexibility index (Phi) is 5.16. The fourth-order valence-electron chi connectivity index (χ4n) is 3.27. The van der Waals surface area contributed by atoms with E-state index >= 15 is 0 Å². The lowest BCUT2D eigenvalue weighted by molar-refractivity contribution is -0.123. The zero-order chi connectivity index (χ0) is 18.9. The molecule has 1 aliphatic heterocycles. The van der Waals surface area contributed by atoms with Gasteiger partial charge in [-0.25, -0.2) is 9.37 Å². The molecule has 0 bridgehead atoms. The number of pyridine rings is 1. The van der Waals surface area contributed by atoms with Gasteiger partial charge in [-0.3, -0.25) is 4.79 Å². The molecule has 1 aromatic heterocycles. The van der Waals surface area contributed by atoms with Crippen molar-refractivity contribution in [2.45, 2.75) is 25.2 Å². The van der Waals surface area contributed by atoms with E-state index in [4.69, 9.17) is 16.3 Å². The first-order valence-corrected chi connectivity index (χ1v) is 8.77. The maximum absolute atomic E-state index is 14.8. The number of nitrogens with one attached hydrogen (secondary N) is 2. The van der Waals surface area contributed by atoms with Gasteiger partial charge < -0.3 is 15.4 Å². The molecule has 2 heterocycles. The number of carbonyl (C=O) groups is 1. The van der Waals surface area contributed by atoms with E-state index in [0.717, 1.165) is 5.56 Å². The quantitative estimate of drug-likeness (QED) is 0.783. The van der Waals surface area contributed by atoms with E-state index in [-0.39, 0.29) is 22.8 Å². The number of carbonyl (C=O) groups excluding carboxylic acids is 1. The van der Waals surface area contributed by atoms with Crippen LogP contribution in [0.1, 0.15) is 30.9 Å². The van der Waals surface area contributed by atoms with E-state index in [0.29, 0.717) is 30.1 Å². The van der Waals surface area contributed by atoms with Gasteiger partial charge in [-0.1, -0.05) is 37.6 Å². The predicted octanol–water partition coefficient (Wildman–Crippen LogP) is 3.49. The molecule has 2 aromatic rings. The van der Waals surface area contributed by atoms with Crippen molar-refractivity contribution in [2.75, 3.05) is 25.5 Å². The summed E-state index contributed by atoms with van der Waals surface area (Å²) in [5.41, 5.74) is 0.709. The lowest BCUT2D eigenvalue weighted by atomic mass is 9.70. The number of nitrogens with zero attached hydrogens (tertiary/aromatic N) is 1. The van der Waals surface area contributed by atoms with Crippen molar-refractivity contribution in [3.8, 4) is 5.75 Å². The van der Waals surface area contributed by atoms with Gasteiger partial charge >= 0.3 is 0 Å². The van der Waals surface area contributed by atoms with Gasteiger partial charge in [0.15, 0.2) is 0 Å². The van der Waals surface area contributed by atoms with Crippen molar-refractivity contribution in [3.63, 3.8) is 0 Å². The highest BCUT2D eigenvalue weighted by atomic mass is 35.5. The molecule has 1 aliphatic rings. The Morgan fingerprint density at radius 3 is 2.73 bits per heavy atom. The van der Waals surface area contributed by atoms with Crippen LogP contribution in [-0.4, -0.2) is 31.1 Å². The number of amides is 1. The fraction of sp³-hybridized carbons (Fsp3) is 0.368. The Labute approximate surface area is 156 Å². The molecule has 26 heavy (non-hydrogen) atoms. The topological polar surface area (TPSA) is 63.2 Å². The van der Waals surface area contributed by atoms with Gasteiger partial charge in [0.1, 0.15) is 27.8 Å². The Bertz CT molecular complexity index is 838. The highest BCUT2D eigenvalue weighted by Gasteiger charge is 2.49. The molecule has 2 N–H and O–H groups in total. The second-order valence-electron chi connectivity index (χ2n) is 6.71. The third kappa shape index (κ3) is 3.15. The Hall–Kier alpha value is -2.18. The standard InChI is InChI=1S/C19H21ClFN3O2/c1-11(2)12-5-4-6-13(21)17(12)19(9-22-10-19)18(25)24-14-8-23-16(20)7-15(14)26-3/h4-8,11,22H,9-10H2,1-3H3,(H,24,25). The summed E-state index contributed by atoms with van der Waals surface area (Å²) < 4.78 is 20.0. The van der Waals surface area contributed by atoms with Crippen molar-refractivity contribution >= 4 is 23.2 Å². The number of hydrogen-bond acceptors (Lipinski definition) is 4. The predicted molar refractivity (Wildman–Crippen MR) is 99.5 cm³/mol. The molecule has 1 amide bonds. The molecule has 5 nitrogen and oxygen atoms in total. The average Bonchev–Trinajstić information content (AvgIpc) is 2.56. The molecule has 1 saturated heterocycles. The normalized spacial score (nSPS) is 15.5. The summed E-state index contributed by atoms with van der Waals surface area (Å²) in [6.07, 6.45) is 1.43. The van der Waals surface area contributed by atoms with Crippen LogP contribution >= 0.6 is 11.6 Å².